The zero-order valence-corrected chi connectivity index (χ0v) is 11.8. The number of carbonyl (C=O) groups excluding carboxylic acids is 1. The lowest BCUT2D eigenvalue weighted by atomic mass is 10.0. The van der Waals surface area contributed by atoms with Crippen molar-refractivity contribution < 1.29 is 9.53 Å². The van der Waals surface area contributed by atoms with Crippen molar-refractivity contribution in [1.29, 1.82) is 5.26 Å². The summed E-state index contributed by atoms with van der Waals surface area (Å²) >= 11 is 0. The molecule has 1 rings (SSSR count). The number of benzene rings is 1. The molecule has 106 valence electrons. The van der Waals surface area contributed by atoms with Gasteiger partial charge < -0.3 is 4.74 Å². The monoisotopic (exact) mass is 273 g/mol. The van der Waals surface area contributed by atoms with E-state index in [1.54, 1.807) is 6.92 Å². The number of nitrogens with zero attached hydrogens (tertiary/aromatic N) is 2. The largest absolute Gasteiger partial charge is 0.449 e. The number of hydrogen-bond donors (Lipinski definition) is 1. The molecule has 0 aromatic heterocycles. The molecule has 0 heterocycles. The summed E-state index contributed by atoms with van der Waals surface area (Å²) in [6, 6.07) is 9.88. The summed E-state index contributed by atoms with van der Waals surface area (Å²) in [4.78, 5) is 11.2. The van der Waals surface area contributed by atoms with Gasteiger partial charge in [0, 0.05) is 0 Å². The Balaban J connectivity index is 2.82. The second-order valence-corrected chi connectivity index (χ2v) is 4.17. The molecule has 0 spiro atoms. The lowest BCUT2D eigenvalue weighted by molar-refractivity contribution is 0.152. The van der Waals surface area contributed by atoms with E-state index in [1.165, 1.54) is 5.56 Å². The van der Waals surface area contributed by atoms with Crippen LogP contribution in [-0.4, -0.2) is 18.4 Å². The quantitative estimate of drug-likeness (QED) is 0.639. The van der Waals surface area contributed by atoms with Crippen LogP contribution in [0.3, 0.4) is 0 Å². The average Bonchev–Trinajstić information content (AvgIpc) is 2.45. The van der Waals surface area contributed by atoms with Crippen molar-refractivity contribution in [2.24, 2.45) is 5.10 Å². The van der Waals surface area contributed by atoms with Gasteiger partial charge in [-0.05, 0) is 24.5 Å². The Bertz CT molecular complexity index is 501. The zero-order chi connectivity index (χ0) is 14.8. The number of carbonyl (C=O) groups is 1. The maximum absolute atomic E-state index is 11.2. The average molecular weight is 273 g/mol. The summed E-state index contributed by atoms with van der Waals surface area (Å²) in [5.41, 5.74) is 4.86. The van der Waals surface area contributed by atoms with Gasteiger partial charge in [0.15, 0.2) is 0 Å². The van der Waals surface area contributed by atoms with E-state index in [2.05, 4.69) is 17.5 Å². The summed E-state index contributed by atoms with van der Waals surface area (Å²) in [6.45, 7) is 4.12. The van der Waals surface area contributed by atoms with E-state index >= 15 is 0 Å². The molecule has 0 unspecified atom stereocenters. The highest BCUT2D eigenvalue weighted by Crippen LogP contribution is 2.09. The minimum absolute atomic E-state index is 0.125. The number of rotatable bonds is 6. The molecule has 0 aliphatic heterocycles. The maximum atomic E-state index is 11.2. The van der Waals surface area contributed by atoms with Gasteiger partial charge in [0.25, 0.3) is 0 Å². The van der Waals surface area contributed by atoms with E-state index < -0.39 is 6.09 Å². The minimum atomic E-state index is -0.620. The van der Waals surface area contributed by atoms with Crippen LogP contribution >= 0.6 is 0 Å². The van der Waals surface area contributed by atoms with Gasteiger partial charge in [0.1, 0.15) is 0 Å². The Labute approximate surface area is 119 Å². The Morgan fingerprint density at radius 3 is 2.60 bits per heavy atom. The Hall–Kier alpha value is -2.35. The van der Waals surface area contributed by atoms with Crippen molar-refractivity contribution in [3.63, 3.8) is 0 Å². The van der Waals surface area contributed by atoms with Crippen LogP contribution in [0.15, 0.2) is 29.4 Å². The molecular weight excluding hydrogens is 254 g/mol. The van der Waals surface area contributed by atoms with Gasteiger partial charge in [-0.3, -0.25) is 0 Å². The number of aryl methyl sites for hydroxylation is 1. The summed E-state index contributed by atoms with van der Waals surface area (Å²) in [6.07, 6.45) is 1.61. The summed E-state index contributed by atoms with van der Waals surface area (Å²) < 4.78 is 4.72. The van der Waals surface area contributed by atoms with Gasteiger partial charge in [-0.25, -0.2) is 10.2 Å². The van der Waals surface area contributed by atoms with Gasteiger partial charge in [-0.1, -0.05) is 37.6 Å². The van der Waals surface area contributed by atoms with Gasteiger partial charge in [0.05, 0.1) is 24.8 Å². The third-order valence-electron chi connectivity index (χ3n) is 2.63. The first-order valence-corrected chi connectivity index (χ1v) is 6.66. The van der Waals surface area contributed by atoms with E-state index in [4.69, 9.17) is 10.00 Å². The first-order chi connectivity index (χ1) is 9.71. The predicted octanol–water partition coefficient (Wildman–Crippen LogP) is 3.00. The molecule has 5 heteroatoms. The predicted molar refractivity (Wildman–Crippen MR) is 77.4 cm³/mol. The van der Waals surface area contributed by atoms with Gasteiger partial charge in [-0.2, -0.15) is 10.4 Å². The fourth-order valence-corrected chi connectivity index (χ4v) is 1.71. The summed E-state index contributed by atoms with van der Waals surface area (Å²) in [7, 11) is 0. The Kier molecular flexibility index (Phi) is 6.83. The fourth-order valence-electron chi connectivity index (χ4n) is 1.71. The molecule has 5 nitrogen and oxygen atoms in total. The van der Waals surface area contributed by atoms with Crippen LogP contribution in [-0.2, 0) is 11.2 Å². The molecule has 0 fully saturated rings. The third kappa shape index (κ3) is 5.11. The van der Waals surface area contributed by atoms with E-state index in [-0.39, 0.29) is 13.0 Å². The lowest BCUT2D eigenvalue weighted by Gasteiger charge is -2.06. The van der Waals surface area contributed by atoms with Crippen molar-refractivity contribution in [2.75, 3.05) is 6.61 Å². The summed E-state index contributed by atoms with van der Waals surface area (Å²) in [5.74, 6) is 0. The maximum Gasteiger partial charge on any atom is 0.427 e. The van der Waals surface area contributed by atoms with Crippen molar-refractivity contribution in [2.45, 2.75) is 33.1 Å². The van der Waals surface area contributed by atoms with Gasteiger partial charge >= 0.3 is 6.09 Å². The molecular formula is C15H19N3O2. The van der Waals surface area contributed by atoms with Crippen LogP contribution in [0.1, 0.15) is 37.8 Å². The van der Waals surface area contributed by atoms with Crippen molar-refractivity contribution in [1.82, 2.24) is 5.43 Å². The van der Waals surface area contributed by atoms with Crippen LogP contribution < -0.4 is 5.43 Å². The highest BCUT2D eigenvalue weighted by Gasteiger charge is 2.05. The van der Waals surface area contributed by atoms with Crippen LogP contribution in [0.25, 0.3) is 0 Å². The van der Waals surface area contributed by atoms with Crippen molar-refractivity contribution >= 4 is 11.8 Å². The number of nitrogens with one attached hydrogen (secondary N) is 1. The molecule has 0 saturated heterocycles. The first-order valence-electron chi connectivity index (χ1n) is 6.66. The van der Waals surface area contributed by atoms with E-state index in [1.807, 2.05) is 30.3 Å². The van der Waals surface area contributed by atoms with Crippen molar-refractivity contribution in [3.8, 4) is 6.07 Å². The highest BCUT2D eigenvalue weighted by atomic mass is 16.5. The smallest absolute Gasteiger partial charge is 0.427 e. The Morgan fingerprint density at radius 2 is 2.05 bits per heavy atom. The molecule has 1 N–H and O–H groups in total. The molecule has 0 aliphatic rings. The normalized spacial score (nSPS) is 10.8. The number of ether oxygens (including phenoxy) is 1. The molecule has 1 aromatic rings. The molecule has 0 saturated carbocycles. The molecule has 0 aliphatic carbocycles. The minimum Gasteiger partial charge on any atom is -0.449 e. The van der Waals surface area contributed by atoms with Crippen LogP contribution in [0.4, 0.5) is 4.79 Å². The Morgan fingerprint density at radius 1 is 1.35 bits per heavy atom. The highest BCUT2D eigenvalue weighted by molar-refractivity contribution is 6.02. The topological polar surface area (TPSA) is 74.5 Å². The second kappa shape index (κ2) is 8.70. The van der Waals surface area contributed by atoms with E-state index in [9.17, 15) is 4.79 Å². The number of hydrogen-bond acceptors (Lipinski definition) is 4. The van der Waals surface area contributed by atoms with Crippen LogP contribution in [0, 0.1) is 11.3 Å². The molecule has 1 amide bonds. The fraction of sp³-hybridized carbons (Fsp3) is 0.400. The third-order valence-corrected chi connectivity index (χ3v) is 2.63. The second-order valence-electron chi connectivity index (χ2n) is 4.17. The standard InChI is InChI=1S/C15H19N3O2/c1-3-5-12-6-8-13(9-7-12)14(10-11-16)17-18-15(19)20-4-2/h6-9H,3-5,10H2,1-2H3,(H,18,19)/b17-14-. The van der Waals surface area contributed by atoms with Gasteiger partial charge in [0.2, 0.25) is 0 Å². The first kappa shape index (κ1) is 15.7. The van der Waals surface area contributed by atoms with E-state index in [0.717, 1.165) is 18.4 Å². The van der Waals surface area contributed by atoms with Gasteiger partial charge in [-0.15, -0.1) is 0 Å². The summed E-state index contributed by atoms with van der Waals surface area (Å²) in [5, 5.41) is 12.8. The van der Waals surface area contributed by atoms with Crippen molar-refractivity contribution in [3.05, 3.63) is 35.4 Å². The number of nitriles is 1. The molecule has 1 aromatic carbocycles. The van der Waals surface area contributed by atoms with Crippen LogP contribution in [0.2, 0.25) is 0 Å². The molecule has 20 heavy (non-hydrogen) atoms. The SMILES string of the molecule is CCCc1ccc(/C(CC#N)=N\NC(=O)OCC)cc1. The number of hydrazone groups is 1. The van der Waals surface area contributed by atoms with E-state index in [0.29, 0.717) is 5.71 Å². The molecule has 0 atom stereocenters. The molecule has 0 radical (unpaired) electrons. The molecule has 0 bridgehead atoms. The zero-order valence-electron chi connectivity index (χ0n) is 11.8. The lowest BCUT2D eigenvalue weighted by Crippen LogP contribution is -2.21. The number of amides is 1. The van der Waals surface area contributed by atoms with Crippen LogP contribution in [0.5, 0.6) is 0 Å².